The van der Waals surface area contributed by atoms with E-state index < -0.39 is 28.4 Å². The van der Waals surface area contributed by atoms with E-state index in [0.29, 0.717) is 30.5 Å². The Morgan fingerprint density at radius 3 is 2.73 bits per heavy atom. The van der Waals surface area contributed by atoms with Crippen LogP contribution in [0.25, 0.3) is 0 Å². The van der Waals surface area contributed by atoms with Crippen LogP contribution in [0.1, 0.15) is 23.7 Å². The first-order chi connectivity index (χ1) is 10.5. The number of benzene rings is 1. The molecule has 0 aromatic heterocycles. The van der Waals surface area contributed by atoms with Gasteiger partial charge in [-0.05, 0) is 25.5 Å². The van der Waals surface area contributed by atoms with Crippen LogP contribution in [0.4, 0.5) is 0 Å². The van der Waals surface area contributed by atoms with Gasteiger partial charge in [-0.25, -0.2) is 12.7 Å². The van der Waals surface area contributed by atoms with Crippen LogP contribution in [0.3, 0.4) is 0 Å². The highest BCUT2D eigenvalue weighted by atomic mass is 32.2. The summed E-state index contributed by atoms with van der Waals surface area (Å²) in [6.07, 6.45) is 0.625. The molecule has 8 heteroatoms. The number of hydrogen-bond acceptors (Lipinski definition) is 5. The number of fused-ring (bicyclic) bond motifs is 1. The predicted octanol–water partition coefficient (Wildman–Crippen LogP) is 0.374. The Morgan fingerprint density at radius 1 is 1.32 bits per heavy atom. The first-order valence-electron chi connectivity index (χ1n) is 6.99. The van der Waals surface area contributed by atoms with Crippen LogP contribution in [0.15, 0.2) is 29.2 Å². The van der Waals surface area contributed by atoms with Gasteiger partial charge in [-0.15, -0.1) is 0 Å². The van der Waals surface area contributed by atoms with E-state index in [1.807, 2.05) is 6.92 Å². The Hall–Kier alpha value is -1.93. The van der Waals surface area contributed by atoms with E-state index in [9.17, 15) is 18.0 Å². The third-order valence-electron chi connectivity index (χ3n) is 3.19. The molecule has 1 N–H and O–H groups in total. The van der Waals surface area contributed by atoms with Crippen molar-refractivity contribution in [3.63, 3.8) is 0 Å². The fourth-order valence-electron chi connectivity index (χ4n) is 2.12. The summed E-state index contributed by atoms with van der Waals surface area (Å²) >= 11 is 0. The number of ether oxygens (including phenoxy) is 1. The van der Waals surface area contributed by atoms with Crippen molar-refractivity contribution in [1.29, 1.82) is 0 Å². The largest absolute Gasteiger partial charge is 0.382 e. The van der Waals surface area contributed by atoms with Crippen molar-refractivity contribution in [2.75, 3.05) is 26.3 Å². The topological polar surface area (TPSA) is 92.8 Å². The second-order valence-corrected chi connectivity index (χ2v) is 6.54. The Morgan fingerprint density at radius 2 is 2.05 bits per heavy atom. The predicted molar refractivity (Wildman–Crippen MR) is 78.8 cm³/mol. The fourth-order valence-corrected chi connectivity index (χ4v) is 3.65. The molecule has 1 aliphatic heterocycles. The average Bonchev–Trinajstić information content (AvgIpc) is 2.69. The van der Waals surface area contributed by atoms with Gasteiger partial charge in [0.15, 0.2) is 0 Å². The Balaban J connectivity index is 1.97. The van der Waals surface area contributed by atoms with Crippen molar-refractivity contribution in [3.8, 4) is 0 Å². The molecule has 1 aromatic carbocycles. The van der Waals surface area contributed by atoms with Gasteiger partial charge in [0, 0.05) is 19.8 Å². The molecule has 0 saturated carbocycles. The normalized spacial score (nSPS) is 15.7. The number of nitrogens with one attached hydrogen (secondary N) is 1. The lowest BCUT2D eigenvalue weighted by atomic mass is 10.2. The van der Waals surface area contributed by atoms with Crippen LogP contribution in [0.5, 0.6) is 0 Å². The fraction of sp³-hybridized carbons (Fsp3) is 0.429. The molecule has 0 bridgehead atoms. The molecule has 0 aliphatic carbocycles. The summed E-state index contributed by atoms with van der Waals surface area (Å²) in [7, 11) is -3.93. The molecular formula is C14H18N2O5S. The van der Waals surface area contributed by atoms with Gasteiger partial charge in [-0.2, -0.15) is 0 Å². The van der Waals surface area contributed by atoms with Crippen molar-refractivity contribution >= 4 is 21.8 Å². The number of sulfonamides is 1. The van der Waals surface area contributed by atoms with E-state index in [2.05, 4.69) is 5.32 Å². The molecule has 22 heavy (non-hydrogen) atoms. The summed E-state index contributed by atoms with van der Waals surface area (Å²) < 4.78 is 30.2. The second kappa shape index (κ2) is 6.89. The van der Waals surface area contributed by atoms with Crippen molar-refractivity contribution < 1.29 is 22.7 Å². The molecule has 2 amide bonds. The van der Waals surface area contributed by atoms with Gasteiger partial charge in [-0.3, -0.25) is 9.59 Å². The molecular weight excluding hydrogens is 308 g/mol. The molecule has 1 aromatic rings. The molecule has 0 atom stereocenters. The lowest BCUT2D eigenvalue weighted by Gasteiger charge is -2.14. The minimum atomic E-state index is -3.93. The van der Waals surface area contributed by atoms with E-state index in [1.54, 1.807) is 12.1 Å². The van der Waals surface area contributed by atoms with Crippen molar-refractivity contribution in [1.82, 2.24) is 9.62 Å². The van der Waals surface area contributed by atoms with Crippen LogP contribution in [0, 0.1) is 0 Å². The highest BCUT2D eigenvalue weighted by molar-refractivity contribution is 7.90. The van der Waals surface area contributed by atoms with Crippen molar-refractivity contribution in [3.05, 3.63) is 29.8 Å². The maximum absolute atomic E-state index is 12.3. The van der Waals surface area contributed by atoms with E-state index in [4.69, 9.17) is 4.74 Å². The SMILES string of the molecule is CCOCCCNC(=O)CN1C(=O)c2ccccc2S1(=O)=O. The lowest BCUT2D eigenvalue weighted by Crippen LogP contribution is -2.40. The highest BCUT2D eigenvalue weighted by Crippen LogP contribution is 2.29. The third kappa shape index (κ3) is 3.28. The first kappa shape index (κ1) is 16.4. The molecule has 0 saturated heterocycles. The van der Waals surface area contributed by atoms with Gasteiger partial charge < -0.3 is 10.1 Å². The van der Waals surface area contributed by atoms with E-state index >= 15 is 0 Å². The number of rotatable bonds is 7. The molecule has 0 radical (unpaired) electrons. The number of hydrogen-bond donors (Lipinski definition) is 1. The van der Waals surface area contributed by atoms with E-state index in [-0.39, 0.29) is 10.5 Å². The second-order valence-electron chi connectivity index (χ2n) is 4.71. The lowest BCUT2D eigenvalue weighted by molar-refractivity contribution is -0.121. The zero-order valence-corrected chi connectivity index (χ0v) is 13.1. The maximum Gasteiger partial charge on any atom is 0.269 e. The minimum absolute atomic E-state index is 0.0517. The van der Waals surface area contributed by atoms with Gasteiger partial charge in [0.25, 0.3) is 15.9 Å². The summed E-state index contributed by atoms with van der Waals surface area (Å²) in [6, 6.07) is 5.93. The van der Waals surface area contributed by atoms with Crippen LogP contribution >= 0.6 is 0 Å². The smallest absolute Gasteiger partial charge is 0.269 e. The number of nitrogens with zero attached hydrogens (tertiary/aromatic N) is 1. The summed E-state index contributed by atoms with van der Waals surface area (Å²) in [4.78, 5) is 23.9. The summed E-state index contributed by atoms with van der Waals surface area (Å²) in [6.45, 7) is 2.86. The average molecular weight is 326 g/mol. The summed E-state index contributed by atoms with van der Waals surface area (Å²) in [5.41, 5.74) is 0.103. The van der Waals surface area contributed by atoms with Gasteiger partial charge >= 0.3 is 0 Å². The van der Waals surface area contributed by atoms with Gasteiger partial charge in [0.05, 0.1) is 5.56 Å². The van der Waals surface area contributed by atoms with Gasteiger partial charge in [0.2, 0.25) is 5.91 Å². The highest BCUT2D eigenvalue weighted by Gasteiger charge is 2.41. The molecule has 1 aliphatic rings. The Labute approximate surface area is 129 Å². The van der Waals surface area contributed by atoms with E-state index in [1.165, 1.54) is 12.1 Å². The summed E-state index contributed by atoms with van der Waals surface area (Å²) in [5.74, 6) is -1.18. The van der Waals surface area contributed by atoms with Gasteiger partial charge in [-0.1, -0.05) is 12.1 Å². The standard InChI is InChI=1S/C14H18N2O5S/c1-2-21-9-5-8-15-13(17)10-16-14(18)11-6-3-4-7-12(11)22(16,19)20/h3-4,6-7H,2,5,8-10H2,1H3,(H,15,17). The molecule has 0 spiro atoms. The maximum atomic E-state index is 12.3. The molecule has 7 nitrogen and oxygen atoms in total. The minimum Gasteiger partial charge on any atom is -0.382 e. The third-order valence-corrected chi connectivity index (χ3v) is 4.98. The van der Waals surface area contributed by atoms with Crippen LogP contribution < -0.4 is 5.32 Å². The first-order valence-corrected chi connectivity index (χ1v) is 8.43. The quantitative estimate of drug-likeness (QED) is 0.731. The molecule has 0 fully saturated rings. The van der Waals surface area contributed by atoms with Gasteiger partial charge in [0.1, 0.15) is 11.4 Å². The molecule has 0 unspecified atom stereocenters. The summed E-state index contributed by atoms with van der Waals surface area (Å²) in [5, 5.41) is 2.58. The zero-order chi connectivity index (χ0) is 16.2. The zero-order valence-electron chi connectivity index (χ0n) is 12.2. The number of carbonyl (C=O) groups is 2. The van der Waals surface area contributed by atoms with Crippen molar-refractivity contribution in [2.24, 2.45) is 0 Å². The van der Waals surface area contributed by atoms with Crippen LogP contribution in [0.2, 0.25) is 0 Å². The molecule has 120 valence electrons. The Kier molecular flexibility index (Phi) is 5.15. The number of carbonyl (C=O) groups excluding carboxylic acids is 2. The monoisotopic (exact) mass is 326 g/mol. The number of amides is 2. The van der Waals surface area contributed by atoms with E-state index in [0.717, 1.165) is 0 Å². The molecule has 1 heterocycles. The molecule has 2 rings (SSSR count). The van der Waals surface area contributed by atoms with Crippen molar-refractivity contribution in [2.45, 2.75) is 18.2 Å². The Bertz CT molecular complexity index is 672. The van der Waals surface area contributed by atoms with Crippen LogP contribution in [-0.2, 0) is 19.6 Å². The van der Waals surface area contributed by atoms with Crippen LogP contribution in [-0.4, -0.2) is 50.8 Å².